The van der Waals surface area contributed by atoms with E-state index in [2.05, 4.69) is 24.7 Å². The van der Waals surface area contributed by atoms with Crippen molar-refractivity contribution in [3.8, 4) is 0 Å². The Labute approximate surface area is 146 Å². The standard InChI is InChI=1S/C20H21N3O2/c1-14(2)15-7-9-17(10-8-15)20(25)22-21-19(24)13-23-12-11-16-5-3-4-6-18(16)23/h3-12,14H,13H2,1-2H3,(H,21,24)(H,22,25). The minimum Gasteiger partial charge on any atom is -0.338 e. The maximum Gasteiger partial charge on any atom is 0.269 e. The summed E-state index contributed by atoms with van der Waals surface area (Å²) in [4.78, 5) is 24.2. The summed E-state index contributed by atoms with van der Waals surface area (Å²) in [7, 11) is 0. The minimum atomic E-state index is -0.332. The molecule has 2 amide bonds. The van der Waals surface area contributed by atoms with Crippen molar-refractivity contribution in [2.24, 2.45) is 0 Å². The number of amides is 2. The molecule has 0 saturated heterocycles. The third kappa shape index (κ3) is 3.88. The van der Waals surface area contributed by atoms with Gasteiger partial charge in [-0.15, -0.1) is 0 Å². The third-order valence-corrected chi connectivity index (χ3v) is 4.15. The largest absolute Gasteiger partial charge is 0.338 e. The fourth-order valence-corrected chi connectivity index (χ4v) is 2.69. The van der Waals surface area contributed by atoms with E-state index in [0.717, 1.165) is 10.9 Å². The van der Waals surface area contributed by atoms with Crippen molar-refractivity contribution in [1.29, 1.82) is 0 Å². The third-order valence-electron chi connectivity index (χ3n) is 4.15. The van der Waals surface area contributed by atoms with Crippen LogP contribution in [0, 0.1) is 0 Å². The zero-order chi connectivity index (χ0) is 17.8. The molecule has 0 spiro atoms. The first kappa shape index (κ1) is 16.8. The molecule has 2 aromatic carbocycles. The molecule has 0 aliphatic rings. The number of nitrogens with zero attached hydrogens (tertiary/aromatic N) is 1. The molecular formula is C20H21N3O2. The summed E-state index contributed by atoms with van der Waals surface area (Å²) in [6.07, 6.45) is 1.86. The maximum atomic E-state index is 12.1. The van der Waals surface area contributed by atoms with E-state index in [1.165, 1.54) is 5.56 Å². The van der Waals surface area contributed by atoms with Crippen LogP contribution in [0.25, 0.3) is 10.9 Å². The maximum absolute atomic E-state index is 12.1. The first-order valence-electron chi connectivity index (χ1n) is 8.27. The van der Waals surface area contributed by atoms with Crippen LogP contribution in [0.3, 0.4) is 0 Å². The fraction of sp³-hybridized carbons (Fsp3) is 0.200. The molecule has 2 N–H and O–H groups in total. The summed E-state index contributed by atoms with van der Waals surface area (Å²) in [5.41, 5.74) is 7.57. The number of carbonyl (C=O) groups excluding carboxylic acids is 2. The van der Waals surface area contributed by atoms with Crippen LogP contribution in [-0.2, 0) is 11.3 Å². The topological polar surface area (TPSA) is 63.1 Å². The monoisotopic (exact) mass is 335 g/mol. The van der Waals surface area contributed by atoms with E-state index in [1.54, 1.807) is 12.1 Å². The lowest BCUT2D eigenvalue weighted by Crippen LogP contribution is -2.43. The Morgan fingerprint density at radius 2 is 1.68 bits per heavy atom. The van der Waals surface area contributed by atoms with Crippen LogP contribution in [0.4, 0.5) is 0 Å². The van der Waals surface area contributed by atoms with E-state index < -0.39 is 0 Å². The van der Waals surface area contributed by atoms with E-state index >= 15 is 0 Å². The van der Waals surface area contributed by atoms with Gasteiger partial charge in [0.25, 0.3) is 11.8 Å². The van der Waals surface area contributed by atoms with E-state index in [-0.39, 0.29) is 18.4 Å². The Morgan fingerprint density at radius 3 is 2.40 bits per heavy atom. The normalized spacial score (nSPS) is 10.8. The smallest absolute Gasteiger partial charge is 0.269 e. The van der Waals surface area contributed by atoms with Crippen molar-refractivity contribution in [3.63, 3.8) is 0 Å². The first-order valence-corrected chi connectivity index (χ1v) is 8.27. The number of hydrogen-bond acceptors (Lipinski definition) is 2. The van der Waals surface area contributed by atoms with Gasteiger partial charge in [-0.1, -0.05) is 44.2 Å². The van der Waals surface area contributed by atoms with Crippen LogP contribution < -0.4 is 10.9 Å². The fourth-order valence-electron chi connectivity index (χ4n) is 2.69. The van der Waals surface area contributed by atoms with Crippen molar-refractivity contribution in [2.75, 3.05) is 0 Å². The Bertz CT molecular complexity index is 895. The zero-order valence-corrected chi connectivity index (χ0v) is 14.3. The van der Waals surface area contributed by atoms with Crippen molar-refractivity contribution < 1.29 is 9.59 Å². The summed E-state index contributed by atoms with van der Waals surface area (Å²) >= 11 is 0. The number of aromatic nitrogens is 1. The molecule has 3 rings (SSSR count). The molecule has 5 nitrogen and oxygen atoms in total. The highest BCUT2D eigenvalue weighted by Crippen LogP contribution is 2.15. The molecule has 5 heteroatoms. The lowest BCUT2D eigenvalue weighted by Gasteiger charge is -2.10. The second-order valence-electron chi connectivity index (χ2n) is 6.28. The summed E-state index contributed by atoms with van der Waals surface area (Å²) in [5, 5.41) is 1.07. The predicted molar refractivity (Wildman–Crippen MR) is 98.1 cm³/mol. The second kappa shape index (κ2) is 7.21. The van der Waals surface area contributed by atoms with Gasteiger partial charge in [0.05, 0.1) is 0 Å². The summed E-state index contributed by atoms with van der Waals surface area (Å²) < 4.78 is 1.84. The zero-order valence-electron chi connectivity index (χ0n) is 14.3. The van der Waals surface area contributed by atoms with Crippen LogP contribution in [0.5, 0.6) is 0 Å². The number of hydrogen-bond donors (Lipinski definition) is 2. The summed E-state index contributed by atoms with van der Waals surface area (Å²) in [6, 6.07) is 17.2. The highest BCUT2D eigenvalue weighted by molar-refractivity contribution is 5.95. The van der Waals surface area contributed by atoms with Crippen molar-refractivity contribution >= 4 is 22.7 Å². The Hall–Kier alpha value is -3.08. The van der Waals surface area contributed by atoms with Gasteiger partial charge in [-0.25, -0.2) is 0 Å². The molecule has 1 heterocycles. The van der Waals surface area contributed by atoms with Crippen molar-refractivity contribution in [2.45, 2.75) is 26.3 Å². The molecule has 128 valence electrons. The number of rotatable bonds is 4. The van der Waals surface area contributed by atoms with Crippen LogP contribution in [-0.4, -0.2) is 16.4 Å². The van der Waals surface area contributed by atoms with Crippen LogP contribution in [0.15, 0.2) is 60.8 Å². The molecule has 0 radical (unpaired) electrons. The number of benzene rings is 2. The van der Waals surface area contributed by atoms with Gasteiger partial charge in [0.2, 0.25) is 0 Å². The average Bonchev–Trinajstić information content (AvgIpc) is 3.03. The molecular weight excluding hydrogens is 314 g/mol. The summed E-state index contributed by atoms with van der Waals surface area (Å²) in [6.45, 7) is 4.33. The van der Waals surface area contributed by atoms with Gasteiger partial charge in [0.15, 0.2) is 0 Å². The molecule has 0 aliphatic heterocycles. The predicted octanol–water partition coefficient (Wildman–Crippen LogP) is 3.23. The van der Waals surface area contributed by atoms with Crippen molar-refractivity contribution in [3.05, 3.63) is 71.9 Å². The number of nitrogens with one attached hydrogen (secondary N) is 2. The highest BCUT2D eigenvalue weighted by Gasteiger charge is 2.09. The van der Waals surface area contributed by atoms with Gasteiger partial charge in [-0.3, -0.25) is 20.4 Å². The molecule has 3 aromatic rings. The highest BCUT2D eigenvalue weighted by atomic mass is 16.2. The van der Waals surface area contributed by atoms with E-state index in [9.17, 15) is 9.59 Å². The van der Waals surface area contributed by atoms with Gasteiger partial charge in [0, 0.05) is 17.3 Å². The molecule has 1 aromatic heterocycles. The molecule has 0 unspecified atom stereocenters. The van der Waals surface area contributed by atoms with Gasteiger partial charge >= 0.3 is 0 Å². The van der Waals surface area contributed by atoms with E-state index in [4.69, 9.17) is 0 Å². The van der Waals surface area contributed by atoms with Gasteiger partial charge < -0.3 is 4.57 Å². The lowest BCUT2D eigenvalue weighted by atomic mass is 10.0. The van der Waals surface area contributed by atoms with Crippen LogP contribution in [0.2, 0.25) is 0 Å². The molecule has 0 saturated carbocycles. The Morgan fingerprint density at radius 1 is 0.960 bits per heavy atom. The van der Waals surface area contributed by atoms with Gasteiger partial charge in [-0.2, -0.15) is 0 Å². The SMILES string of the molecule is CC(C)c1ccc(C(=O)NNC(=O)Cn2ccc3ccccc32)cc1. The van der Waals surface area contributed by atoms with Crippen molar-refractivity contribution in [1.82, 2.24) is 15.4 Å². The first-order chi connectivity index (χ1) is 12.0. The van der Waals surface area contributed by atoms with Gasteiger partial charge in [-0.05, 0) is 41.1 Å². The van der Waals surface area contributed by atoms with Crippen LogP contribution >= 0.6 is 0 Å². The summed E-state index contributed by atoms with van der Waals surface area (Å²) in [5.74, 6) is -0.206. The Balaban J connectivity index is 1.57. The number of hydrazine groups is 1. The van der Waals surface area contributed by atoms with Gasteiger partial charge in [0.1, 0.15) is 6.54 Å². The van der Waals surface area contributed by atoms with E-state index in [0.29, 0.717) is 11.5 Å². The second-order valence-corrected chi connectivity index (χ2v) is 6.28. The number of fused-ring (bicyclic) bond motifs is 1. The number of para-hydroxylation sites is 1. The average molecular weight is 335 g/mol. The lowest BCUT2D eigenvalue weighted by molar-refractivity contribution is -0.122. The Kier molecular flexibility index (Phi) is 4.84. The van der Waals surface area contributed by atoms with E-state index in [1.807, 2.05) is 53.2 Å². The molecule has 0 aliphatic carbocycles. The number of carbonyl (C=O) groups is 2. The van der Waals surface area contributed by atoms with Crippen LogP contribution in [0.1, 0.15) is 35.7 Å². The molecule has 0 fully saturated rings. The molecule has 25 heavy (non-hydrogen) atoms. The molecule has 0 bridgehead atoms. The minimum absolute atomic E-state index is 0.139. The molecule has 0 atom stereocenters. The quantitative estimate of drug-likeness (QED) is 0.719.